The highest BCUT2D eigenvalue weighted by Gasteiger charge is 2.30. The van der Waals surface area contributed by atoms with Gasteiger partial charge in [-0.2, -0.15) is 0 Å². The van der Waals surface area contributed by atoms with Crippen molar-refractivity contribution in [3.63, 3.8) is 0 Å². The minimum atomic E-state index is -0.836. The third-order valence-electron chi connectivity index (χ3n) is 4.98. The van der Waals surface area contributed by atoms with Gasteiger partial charge in [0.2, 0.25) is 5.95 Å². The number of rotatable bonds is 4. The van der Waals surface area contributed by atoms with E-state index in [1.807, 2.05) is 4.90 Å². The van der Waals surface area contributed by atoms with Crippen molar-refractivity contribution in [2.45, 2.75) is 25.4 Å². The molecule has 152 valence electrons. The first kappa shape index (κ1) is 19.4. The molecule has 10 heteroatoms. The molecule has 4 heterocycles. The van der Waals surface area contributed by atoms with Gasteiger partial charge in [0.05, 0.1) is 17.9 Å². The Kier molecular flexibility index (Phi) is 5.52. The lowest BCUT2D eigenvalue weighted by atomic mass is 10.1. The number of piperidine rings is 1. The number of nitrogens with two attached hydrogens (primary N) is 1. The van der Waals surface area contributed by atoms with E-state index < -0.39 is 6.17 Å². The Morgan fingerprint density at radius 2 is 2.17 bits per heavy atom. The molecule has 0 saturated carbocycles. The number of hydrogen-bond donors (Lipinski definition) is 1. The Labute approximate surface area is 172 Å². The number of carbonyl (C=O) groups excluding carboxylic acids is 1. The Morgan fingerprint density at radius 1 is 1.38 bits per heavy atom. The maximum Gasteiger partial charge on any atom is 0.270 e. The van der Waals surface area contributed by atoms with Gasteiger partial charge in [-0.3, -0.25) is 9.79 Å². The lowest BCUT2D eigenvalue weighted by Gasteiger charge is -2.28. The number of hydrogen-bond acceptors (Lipinski definition) is 8. The number of fused-ring (bicyclic) bond motifs is 1. The first-order valence-corrected chi connectivity index (χ1v) is 10.3. The van der Waals surface area contributed by atoms with Gasteiger partial charge in [-0.15, -0.1) is 11.3 Å². The number of aromatic nitrogens is 3. The zero-order chi connectivity index (χ0) is 20.4. The molecule has 1 amide bonds. The fourth-order valence-corrected chi connectivity index (χ4v) is 4.57. The first-order chi connectivity index (χ1) is 14.1. The average Bonchev–Trinajstić information content (AvgIpc) is 3.18. The number of halogens is 1. The Bertz CT molecular complexity index is 956. The van der Waals surface area contributed by atoms with Crippen LogP contribution in [-0.4, -0.2) is 64.8 Å². The van der Waals surface area contributed by atoms with Crippen molar-refractivity contribution in [1.82, 2.24) is 19.9 Å². The molecule has 2 N–H and O–H groups in total. The molecule has 0 spiro atoms. The highest BCUT2D eigenvalue weighted by molar-refractivity contribution is 7.17. The van der Waals surface area contributed by atoms with Crippen molar-refractivity contribution < 1.29 is 9.18 Å². The Balaban J connectivity index is 1.55. The van der Waals surface area contributed by atoms with Gasteiger partial charge in [0, 0.05) is 56.9 Å². The summed E-state index contributed by atoms with van der Waals surface area (Å²) in [6.07, 6.45) is 7.51. The largest absolute Gasteiger partial charge is 0.403 e. The van der Waals surface area contributed by atoms with E-state index in [1.54, 1.807) is 30.6 Å². The van der Waals surface area contributed by atoms with Crippen LogP contribution in [0.2, 0.25) is 0 Å². The number of amides is 1. The summed E-state index contributed by atoms with van der Waals surface area (Å²) in [5, 5.41) is 0.696. The van der Waals surface area contributed by atoms with Crippen LogP contribution >= 0.6 is 11.3 Å². The maximum absolute atomic E-state index is 13.6. The van der Waals surface area contributed by atoms with Gasteiger partial charge in [-0.25, -0.2) is 19.3 Å². The molecule has 2 aromatic rings. The predicted octanol–water partition coefficient (Wildman–Crippen LogP) is 2.04. The van der Waals surface area contributed by atoms with E-state index >= 15 is 0 Å². The van der Waals surface area contributed by atoms with Crippen LogP contribution in [-0.2, 0) is 6.42 Å². The van der Waals surface area contributed by atoms with Crippen molar-refractivity contribution in [3.05, 3.63) is 34.9 Å². The second-order valence-corrected chi connectivity index (χ2v) is 7.94. The summed E-state index contributed by atoms with van der Waals surface area (Å²) in [5.74, 6) is 0.391. The average molecular weight is 415 g/mol. The van der Waals surface area contributed by atoms with E-state index in [-0.39, 0.29) is 5.91 Å². The van der Waals surface area contributed by atoms with Crippen molar-refractivity contribution in [2.75, 3.05) is 31.6 Å². The second-order valence-electron chi connectivity index (χ2n) is 6.94. The summed E-state index contributed by atoms with van der Waals surface area (Å²) >= 11 is 1.32. The summed E-state index contributed by atoms with van der Waals surface area (Å²) in [5.41, 5.74) is 7.73. The van der Waals surface area contributed by atoms with E-state index in [0.717, 1.165) is 24.2 Å². The van der Waals surface area contributed by atoms with Gasteiger partial charge in [0.1, 0.15) is 16.1 Å². The number of thiazole rings is 1. The molecule has 2 aliphatic heterocycles. The third-order valence-corrected chi connectivity index (χ3v) is 6.12. The number of nitrogens with zero attached hydrogens (tertiary/aromatic N) is 6. The molecule has 1 atom stereocenters. The Hall–Kier alpha value is -2.88. The second kappa shape index (κ2) is 8.24. The summed E-state index contributed by atoms with van der Waals surface area (Å²) in [6, 6.07) is 0. The van der Waals surface area contributed by atoms with Crippen LogP contribution in [0.5, 0.6) is 0 Å². The molecule has 0 radical (unpaired) electrons. The maximum atomic E-state index is 13.6. The van der Waals surface area contributed by atoms with Gasteiger partial charge in [0.25, 0.3) is 5.91 Å². The van der Waals surface area contributed by atoms with Crippen LogP contribution in [0.15, 0.2) is 29.3 Å². The first-order valence-electron chi connectivity index (χ1n) is 9.47. The molecule has 1 unspecified atom stereocenters. The lowest BCUT2D eigenvalue weighted by molar-refractivity contribution is 0.0805. The van der Waals surface area contributed by atoms with Crippen molar-refractivity contribution in [3.8, 4) is 10.6 Å². The van der Waals surface area contributed by atoms with Crippen molar-refractivity contribution in [1.29, 1.82) is 0 Å². The topological polar surface area (TPSA) is 101 Å². The lowest BCUT2D eigenvalue weighted by Crippen LogP contribution is -2.37. The number of anilines is 1. The van der Waals surface area contributed by atoms with Gasteiger partial charge >= 0.3 is 0 Å². The van der Waals surface area contributed by atoms with Crippen molar-refractivity contribution in [2.24, 2.45) is 10.7 Å². The highest BCUT2D eigenvalue weighted by atomic mass is 32.1. The fraction of sp³-hybridized carbons (Fsp3) is 0.421. The quantitative estimate of drug-likeness (QED) is 0.767. The summed E-state index contributed by atoms with van der Waals surface area (Å²) in [4.78, 5) is 34.3. The standard InChI is InChI=1S/C19H22FN7OS/c1-22-10-14(7-21)27-6-4-15-16(18(27)28)29-17(25-15)12-8-23-19(24-9-12)26-5-2-3-13(20)11-26/h7-10,13H,2-6,11,21H2,1H3. The van der Waals surface area contributed by atoms with Crippen molar-refractivity contribution >= 4 is 29.4 Å². The Morgan fingerprint density at radius 3 is 2.86 bits per heavy atom. The monoisotopic (exact) mass is 415 g/mol. The molecular weight excluding hydrogens is 393 g/mol. The minimum Gasteiger partial charge on any atom is -0.403 e. The van der Waals surface area contributed by atoms with E-state index in [2.05, 4.69) is 19.9 Å². The number of alkyl halides is 1. The highest BCUT2D eigenvalue weighted by Crippen LogP contribution is 2.32. The van der Waals surface area contributed by atoms with Crippen LogP contribution < -0.4 is 10.6 Å². The zero-order valence-electron chi connectivity index (χ0n) is 16.1. The van der Waals surface area contributed by atoms with E-state index in [1.165, 1.54) is 17.5 Å². The van der Waals surface area contributed by atoms with Gasteiger partial charge in [0.15, 0.2) is 0 Å². The molecule has 0 bridgehead atoms. The molecule has 0 aliphatic carbocycles. The van der Waals surface area contributed by atoms with Gasteiger partial charge < -0.3 is 15.5 Å². The summed E-state index contributed by atoms with van der Waals surface area (Å²) < 4.78 is 13.6. The van der Waals surface area contributed by atoms with Crippen LogP contribution in [0.25, 0.3) is 10.6 Å². The van der Waals surface area contributed by atoms with E-state index in [9.17, 15) is 9.18 Å². The molecule has 2 aliphatic rings. The number of carbonyl (C=O) groups is 1. The van der Waals surface area contributed by atoms with Crippen LogP contribution in [0.3, 0.4) is 0 Å². The molecule has 2 aromatic heterocycles. The molecule has 4 rings (SSSR count). The minimum absolute atomic E-state index is 0.133. The van der Waals surface area contributed by atoms with Crippen LogP contribution in [0, 0.1) is 0 Å². The molecule has 8 nitrogen and oxygen atoms in total. The van der Waals surface area contributed by atoms with Crippen LogP contribution in [0.4, 0.5) is 10.3 Å². The third kappa shape index (κ3) is 3.84. The molecular formula is C19H22FN7OS. The van der Waals surface area contributed by atoms with Gasteiger partial charge in [-0.05, 0) is 12.8 Å². The molecule has 1 fully saturated rings. The normalized spacial score (nSPS) is 20.4. The zero-order valence-corrected chi connectivity index (χ0v) is 16.9. The molecule has 1 saturated heterocycles. The number of aliphatic imine (C=N–C) groups is 1. The van der Waals surface area contributed by atoms with Gasteiger partial charge in [-0.1, -0.05) is 0 Å². The van der Waals surface area contributed by atoms with E-state index in [4.69, 9.17) is 5.73 Å². The van der Waals surface area contributed by atoms with Crippen LogP contribution in [0.1, 0.15) is 28.2 Å². The van der Waals surface area contributed by atoms with E-state index in [0.29, 0.717) is 47.5 Å². The predicted molar refractivity (Wildman–Crippen MR) is 111 cm³/mol. The molecule has 0 aromatic carbocycles. The smallest absolute Gasteiger partial charge is 0.270 e. The number of allylic oxidation sites excluding steroid dienone is 1. The summed E-state index contributed by atoms with van der Waals surface area (Å²) in [7, 11) is 1.63. The summed E-state index contributed by atoms with van der Waals surface area (Å²) in [6.45, 7) is 1.58. The molecule has 29 heavy (non-hydrogen) atoms. The fourth-order valence-electron chi connectivity index (χ4n) is 3.54. The SMILES string of the molecule is CN=CC(=CN)N1CCc2nc(-c3cnc(N4CCCC(F)C4)nc3)sc2C1=O.